The molecule has 0 aromatic heterocycles. The molecule has 3 nitrogen and oxygen atoms in total. The number of nitrogens with zero attached hydrogens (tertiary/aromatic N) is 1. The standard InChI is InChI=1S/C17H22N2O/c1-19(2)16-8-4-14(5-9-16)12-18-13-15-6-10-17(20-3)11-7-15/h4-11,18H,12-13H2,1-3H3/p+1. The summed E-state index contributed by atoms with van der Waals surface area (Å²) in [4.78, 5) is 2.12. The lowest BCUT2D eigenvalue weighted by atomic mass is 10.2. The predicted molar refractivity (Wildman–Crippen MR) is 83.1 cm³/mol. The van der Waals surface area contributed by atoms with Gasteiger partial charge in [-0.2, -0.15) is 0 Å². The zero-order valence-corrected chi connectivity index (χ0v) is 12.5. The van der Waals surface area contributed by atoms with E-state index in [9.17, 15) is 0 Å². The van der Waals surface area contributed by atoms with Crippen LogP contribution >= 0.6 is 0 Å². The number of ether oxygens (including phenoxy) is 1. The minimum atomic E-state index is 0.910. The fourth-order valence-electron chi connectivity index (χ4n) is 2.10. The van der Waals surface area contributed by atoms with Crippen molar-refractivity contribution >= 4 is 5.69 Å². The second-order valence-corrected chi connectivity index (χ2v) is 5.11. The summed E-state index contributed by atoms with van der Waals surface area (Å²) in [5.41, 5.74) is 3.91. The Morgan fingerprint density at radius 3 is 1.80 bits per heavy atom. The SMILES string of the molecule is COc1ccc(C[NH2+]Cc2ccc(N(C)C)cc2)cc1. The molecule has 0 aliphatic heterocycles. The number of rotatable bonds is 6. The van der Waals surface area contributed by atoms with Gasteiger partial charge < -0.3 is 15.0 Å². The van der Waals surface area contributed by atoms with Gasteiger partial charge in [0.15, 0.2) is 0 Å². The number of methoxy groups -OCH3 is 1. The van der Waals surface area contributed by atoms with Crippen molar-refractivity contribution in [1.82, 2.24) is 0 Å². The molecule has 0 bridgehead atoms. The van der Waals surface area contributed by atoms with E-state index in [0.29, 0.717) is 0 Å². The third kappa shape index (κ3) is 4.00. The third-order valence-electron chi connectivity index (χ3n) is 3.37. The molecule has 2 rings (SSSR count). The first kappa shape index (κ1) is 14.4. The Morgan fingerprint density at radius 1 is 0.850 bits per heavy atom. The average Bonchev–Trinajstić information content (AvgIpc) is 2.48. The summed E-state index contributed by atoms with van der Waals surface area (Å²) in [6, 6.07) is 17.0. The Kier molecular flexibility index (Phi) is 5.02. The lowest BCUT2D eigenvalue weighted by Crippen LogP contribution is -2.80. The van der Waals surface area contributed by atoms with Crippen LogP contribution < -0.4 is 15.0 Å². The van der Waals surface area contributed by atoms with Crippen molar-refractivity contribution in [1.29, 1.82) is 0 Å². The van der Waals surface area contributed by atoms with Gasteiger partial charge in [0.2, 0.25) is 0 Å². The largest absolute Gasteiger partial charge is 0.497 e. The number of nitrogens with two attached hydrogens (primary N) is 1. The molecule has 0 aliphatic carbocycles. The summed E-state index contributed by atoms with van der Waals surface area (Å²) in [7, 11) is 5.81. The van der Waals surface area contributed by atoms with Crippen LogP contribution in [0.4, 0.5) is 5.69 Å². The molecule has 2 N–H and O–H groups in total. The highest BCUT2D eigenvalue weighted by Gasteiger charge is 2.00. The first-order valence-electron chi connectivity index (χ1n) is 6.90. The number of quaternary nitrogens is 1. The quantitative estimate of drug-likeness (QED) is 0.871. The molecule has 20 heavy (non-hydrogen) atoms. The Hall–Kier alpha value is -2.00. The fraction of sp³-hybridized carbons (Fsp3) is 0.294. The highest BCUT2D eigenvalue weighted by Crippen LogP contribution is 2.12. The van der Waals surface area contributed by atoms with Crippen LogP contribution in [0, 0.1) is 0 Å². The fourth-order valence-corrected chi connectivity index (χ4v) is 2.10. The van der Waals surface area contributed by atoms with Gasteiger partial charge in [-0.1, -0.05) is 12.1 Å². The Bertz CT molecular complexity index is 518. The zero-order chi connectivity index (χ0) is 14.4. The molecule has 0 atom stereocenters. The van der Waals surface area contributed by atoms with Gasteiger partial charge in [-0.05, 0) is 36.4 Å². The second kappa shape index (κ2) is 6.96. The number of hydrogen-bond acceptors (Lipinski definition) is 2. The summed E-state index contributed by atoms with van der Waals surface area (Å²) in [5.74, 6) is 0.910. The summed E-state index contributed by atoms with van der Waals surface area (Å²) >= 11 is 0. The van der Waals surface area contributed by atoms with E-state index >= 15 is 0 Å². The maximum atomic E-state index is 5.16. The minimum absolute atomic E-state index is 0.910. The van der Waals surface area contributed by atoms with E-state index in [1.54, 1.807) is 7.11 Å². The van der Waals surface area contributed by atoms with Crippen molar-refractivity contribution < 1.29 is 10.1 Å². The van der Waals surface area contributed by atoms with Gasteiger partial charge in [-0.15, -0.1) is 0 Å². The number of hydrogen-bond donors (Lipinski definition) is 1. The molecule has 0 radical (unpaired) electrons. The monoisotopic (exact) mass is 271 g/mol. The van der Waals surface area contributed by atoms with Crippen molar-refractivity contribution in [3.63, 3.8) is 0 Å². The average molecular weight is 271 g/mol. The van der Waals surface area contributed by atoms with Gasteiger partial charge in [0.05, 0.1) is 7.11 Å². The summed E-state index contributed by atoms with van der Waals surface area (Å²) in [5, 5.41) is 2.31. The summed E-state index contributed by atoms with van der Waals surface area (Å²) in [6.45, 7) is 1.99. The molecular formula is C17H23N2O+. The van der Waals surface area contributed by atoms with Crippen molar-refractivity contribution in [2.24, 2.45) is 0 Å². The molecule has 2 aromatic rings. The van der Waals surface area contributed by atoms with Gasteiger partial charge in [0.1, 0.15) is 18.8 Å². The molecule has 0 spiro atoms. The molecule has 106 valence electrons. The highest BCUT2D eigenvalue weighted by molar-refractivity contribution is 5.45. The smallest absolute Gasteiger partial charge is 0.118 e. The number of benzene rings is 2. The maximum Gasteiger partial charge on any atom is 0.118 e. The molecule has 0 saturated carbocycles. The molecule has 0 fully saturated rings. The topological polar surface area (TPSA) is 29.1 Å². The van der Waals surface area contributed by atoms with Gasteiger partial charge in [-0.3, -0.25) is 0 Å². The van der Waals surface area contributed by atoms with Crippen LogP contribution in [-0.2, 0) is 13.1 Å². The minimum Gasteiger partial charge on any atom is -0.497 e. The third-order valence-corrected chi connectivity index (χ3v) is 3.37. The van der Waals surface area contributed by atoms with Crippen LogP contribution in [0.15, 0.2) is 48.5 Å². The molecule has 3 heteroatoms. The van der Waals surface area contributed by atoms with Gasteiger partial charge in [-0.25, -0.2) is 0 Å². The van der Waals surface area contributed by atoms with E-state index in [1.165, 1.54) is 16.8 Å². The normalized spacial score (nSPS) is 10.3. The Morgan fingerprint density at radius 2 is 1.35 bits per heavy atom. The Balaban J connectivity index is 1.82. The molecule has 0 heterocycles. The van der Waals surface area contributed by atoms with Crippen molar-refractivity contribution in [3.8, 4) is 5.75 Å². The first-order valence-corrected chi connectivity index (χ1v) is 6.90. The zero-order valence-electron chi connectivity index (χ0n) is 12.5. The molecule has 0 saturated heterocycles. The lowest BCUT2D eigenvalue weighted by Gasteiger charge is -2.12. The lowest BCUT2D eigenvalue weighted by molar-refractivity contribution is -0.686. The first-order chi connectivity index (χ1) is 9.69. The maximum absolute atomic E-state index is 5.16. The van der Waals surface area contributed by atoms with E-state index < -0.39 is 0 Å². The predicted octanol–water partition coefficient (Wildman–Crippen LogP) is 2.02. The van der Waals surface area contributed by atoms with Crippen LogP contribution in [-0.4, -0.2) is 21.2 Å². The molecule has 0 aliphatic rings. The molecular weight excluding hydrogens is 248 g/mol. The summed E-state index contributed by atoms with van der Waals surface area (Å²) < 4.78 is 5.16. The van der Waals surface area contributed by atoms with E-state index in [2.05, 4.69) is 60.7 Å². The van der Waals surface area contributed by atoms with Gasteiger partial charge in [0.25, 0.3) is 0 Å². The highest BCUT2D eigenvalue weighted by atomic mass is 16.5. The van der Waals surface area contributed by atoms with Crippen LogP contribution in [0.1, 0.15) is 11.1 Å². The van der Waals surface area contributed by atoms with Gasteiger partial charge in [0, 0.05) is 30.9 Å². The van der Waals surface area contributed by atoms with Gasteiger partial charge >= 0.3 is 0 Å². The van der Waals surface area contributed by atoms with Crippen molar-refractivity contribution in [3.05, 3.63) is 59.7 Å². The van der Waals surface area contributed by atoms with Crippen LogP contribution in [0.3, 0.4) is 0 Å². The Labute approximate surface area is 121 Å². The van der Waals surface area contributed by atoms with E-state index in [0.717, 1.165) is 18.8 Å². The van der Waals surface area contributed by atoms with Crippen molar-refractivity contribution in [2.75, 3.05) is 26.1 Å². The summed E-state index contributed by atoms with van der Waals surface area (Å²) in [6.07, 6.45) is 0. The van der Waals surface area contributed by atoms with Crippen LogP contribution in [0.25, 0.3) is 0 Å². The molecule has 0 amide bonds. The van der Waals surface area contributed by atoms with E-state index in [1.807, 2.05) is 12.1 Å². The van der Waals surface area contributed by atoms with Crippen molar-refractivity contribution in [2.45, 2.75) is 13.1 Å². The van der Waals surface area contributed by atoms with E-state index in [-0.39, 0.29) is 0 Å². The number of anilines is 1. The molecule has 0 unspecified atom stereocenters. The second-order valence-electron chi connectivity index (χ2n) is 5.11. The molecule has 2 aromatic carbocycles. The van der Waals surface area contributed by atoms with Crippen LogP contribution in [0.5, 0.6) is 5.75 Å². The van der Waals surface area contributed by atoms with Crippen LogP contribution in [0.2, 0.25) is 0 Å². The van der Waals surface area contributed by atoms with E-state index in [4.69, 9.17) is 4.74 Å².